The van der Waals surface area contributed by atoms with Crippen LogP contribution >= 0.6 is 0 Å². The lowest BCUT2D eigenvalue weighted by Gasteiger charge is -2.30. The van der Waals surface area contributed by atoms with Gasteiger partial charge in [-0.15, -0.1) is 0 Å². The van der Waals surface area contributed by atoms with Gasteiger partial charge in [0, 0.05) is 12.8 Å². The van der Waals surface area contributed by atoms with Crippen molar-refractivity contribution < 1.29 is 32.6 Å². The third-order valence-corrected chi connectivity index (χ3v) is 3.13. The molecule has 2 saturated heterocycles. The third-order valence-electron chi connectivity index (χ3n) is 3.13. The number of hydrogen-bond donors (Lipinski definition) is 4. The van der Waals surface area contributed by atoms with Crippen molar-refractivity contribution in [1.82, 2.24) is 0 Å². The largest absolute Gasteiger partial charge is 1.00 e. The molecule has 13 heavy (non-hydrogen) atoms. The zero-order valence-corrected chi connectivity index (χ0v) is 8.11. The summed E-state index contributed by atoms with van der Waals surface area (Å²) < 4.78 is 0. The number of nitrogens with one attached hydrogen (secondary N) is 1. The van der Waals surface area contributed by atoms with Crippen LogP contribution in [0.5, 0.6) is 0 Å². The van der Waals surface area contributed by atoms with Crippen LogP contribution < -0.4 is 17.3 Å². The van der Waals surface area contributed by atoms with Crippen molar-refractivity contribution in [1.29, 1.82) is 0 Å². The first-order valence-corrected chi connectivity index (χ1v) is 4.57. The smallest absolute Gasteiger partial charge is 0.137 e. The second-order valence-corrected chi connectivity index (χ2v) is 3.96. The number of halogens is 1. The van der Waals surface area contributed by atoms with Crippen molar-refractivity contribution in [2.24, 2.45) is 0 Å². The molecule has 0 aliphatic carbocycles. The van der Waals surface area contributed by atoms with Crippen molar-refractivity contribution in [3.05, 3.63) is 0 Å². The summed E-state index contributed by atoms with van der Waals surface area (Å²) in [6.45, 7) is 1.51. The monoisotopic (exact) mass is 209 g/mol. The van der Waals surface area contributed by atoms with Crippen LogP contribution in [-0.2, 0) is 0 Å². The van der Waals surface area contributed by atoms with E-state index < -0.39 is 12.2 Å². The molecule has 0 bridgehead atoms. The fourth-order valence-electron chi connectivity index (χ4n) is 2.41. The van der Waals surface area contributed by atoms with Crippen LogP contribution in [-0.4, -0.2) is 52.8 Å². The molecule has 0 amide bonds. The molecule has 2 aliphatic rings. The summed E-state index contributed by atoms with van der Waals surface area (Å²) in [5, 5.41) is 28.2. The molecule has 0 aromatic carbocycles. The second-order valence-electron chi connectivity index (χ2n) is 3.96. The van der Waals surface area contributed by atoms with E-state index in [1.165, 1.54) is 4.90 Å². The van der Waals surface area contributed by atoms with E-state index in [1.54, 1.807) is 0 Å². The van der Waals surface area contributed by atoms with Gasteiger partial charge in [0.1, 0.15) is 24.8 Å². The Morgan fingerprint density at radius 3 is 2.54 bits per heavy atom. The summed E-state index contributed by atoms with van der Waals surface area (Å²) in [7, 11) is 0. The van der Waals surface area contributed by atoms with E-state index >= 15 is 0 Å². The van der Waals surface area contributed by atoms with Gasteiger partial charge in [-0.05, 0) is 0 Å². The number of rotatable bonds is 0. The van der Waals surface area contributed by atoms with Gasteiger partial charge in [0.05, 0.1) is 12.6 Å². The lowest BCUT2D eigenvalue weighted by molar-refractivity contribution is -0.921. The Balaban J connectivity index is 0.000000845. The molecule has 4 N–H and O–H groups in total. The summed E-state index contributed by atoms with van der Waals surface area (Å²) >= 11 is 0. The van der Waals surface area contributed by atoms with E-state index in [-0.39, 0.29) is 24.6 Å². The van der Waals surface area contributed by atoms with Crippen LogP contribution in [0.15, 0.2) is 0 Å². The maximum atomic E-state index is 9.53. The molecule has 5 atom stereocenters. The van der Waals surface area contributed by atoms with Crippen molar-refractivity contribution in [3.8, 4) is 0 Å². The van der Waals surface area contributed by atoms with Gasteiger partial charge in [-0.3, -0.25) is 0 Å². The first-order chi connectivity index (χ1) is 5.68. The molecule has 2 rings (SSSR count). The van der Waals surface area contributed by atoms with Gasteiger partial charge in [0.25, 0.3) is 0 Å². The molecular weight excluding hydrogens is 194 g/mol. The van der Waals surface area contributed by atoms with Crippen LogP contribution in [0.4, 0.5) is 0 Å². The number of piperidine rings is 1. The maximum Gasteiger partial charge on any atom is 0.137 e. The zero-order chi connectivity index (χ0) is 8.72. The van der Waals surface area contributed by atoms with Gasteiger partial charge in [-0.1, -0.05) is 0 Å². The topological polar surface area (TPSA) is 65.1 Å². The lowest BCUT2D eigenvalue weighted by atomic mass is 9.98. The predicted octanol–water partition coefficient (Wildman–Crippen LogP) is -5.87. The van der Waals surface area contributed by atoms with E-state index in [1.807, 2.05) is 0 Å². The third kappa shape index (κ3) is 1.97. The Morgan fingerprint density at radius 2 is 1.85 bits per heavy atom. The number of fused-ring (bicyclic) bond motifs is 1. The van der Waals surface area contributed by atoms with Crippen LogP contribution in [0.3, 0.4) is 0 Å². The van der Waals surface area contributed by atoms with E-state index in [0.717, 1.165) is 13.0 Å². The fraction of sp³-hybridized carbons (Fsp3) is 1.00. The Labute approximate surface area is 83.6 Å². The van der Waals surface area contributed by atoms with E-state index in [4.69, 9.17) is 0 Å². The van der Waals surface area contributed by atoms with Gasteiger partial charge in [-0.2, -0.15) is 0 Å². The van der Waals surface area contributed by atoms with Crippen molar-refractivity contribution in [2.75, 3.05) is 13.1 Å². The normalized spacial score (nSPS) is 49.6. The molecule has 78 valence electrons. The molecule has 0 aromatic heterocycles. The first-order valence-electron chi connectivity index (χ1n) is 4.57. The average molecular weight is 210 g/mol. The summed E-state index contributed by atoms with van der Waals surface area (Å²) in [5.41, 5.74) is 0. The van der Waals surface area contributed by atoms with Gasteiger partial charge in [-0.25, -0.2) is 0 Å². The van der Waals surface area contributed by atoms with E-state index in [2.05, 4.69) is 0 Å². The Hall–Kier alpha value is 0.130. The number of aliphatic hydroxyl groups is 3. The van der Waals surface area contributed by atoms with Crippen LogP contribution in [0.2, 0.25) is 0 Å². The van der Waals surface area contributed by atoms with Gasteiger partial charge >= 0.3 is 0 Å². The Morgan fingerprint density at radius 1 is 1.15 bits per heavy atom. The molecule has 4 nitrogen and oxygen atoms in total. The maximum absolute atomic E-state index is 9.53. The summed E-state index contributed by atoms with van der Waals surface area (Å²) in [5.74, 6) is 0. The van der Waals surface area contributed by atoms with Gasteiger partial charge in [0.2, 0.25) is 0 Å². The van der Waals surface area contributed by atoms with E-state index in [0.29, 0.717) is 13.0 Å². The van der Waals surface area contributed by atoms with Crippen molar-refractivity contribution in [2.45, 2.75) is 37.2 Å². The SMILES string of the molecule is O[C@H]1CC[NH+]2C[C@@H](O)[C@H](O)[C@H]2C1.[Cl-]. The molecule has 0 aromatic rings. The molecular formula is C8H16ClNO3. The minimum Gasteiger partial charge on any atom is -1.00 e. The summed E-state index contributed by atoms with van der Waals surface area (Å²) in [6, 6.07) is 0.0590. The second kappa shape index (κ2) is 4.11. The quantitative estimate of drug-likeness (QED) is 0.322. The van der Waals surface area contributed by atoms with Gasteiger partial charge in [0.15, 0.2) is 0 Å². The highest BCUT2D eigenvalue weighted by atomic mass is 35.5. The first kappa shape index (κ1) is 11.2. The van der Waals surface area contributed by atoms with Gasteiger partial charge < -0.3 is 32.6 Å². The molecule has 0 saturated carbocycles. The molecule has 2 fully saturated rings. The highest BCUT2D eigenvalue weighted by molar-refractivity contribution is 4.85. The molecule has 5 heteroatoms. The predicted molar refractivity (Wildman–Crippen MR) is 41.7 cm³/mol. The fourth-order valence-corrected chi connectivity index (χ4v) is 2.41. The van der Waals surface area contributed by atoms with E-state index in [9.17, 15) is 15.3 Å². The highest BCUT2D eigenvalue weighted by Crippen LogP contribution is 2.14. The van der Waals surface area contributed by atoms with Crippen LogP contribution in [0, 0.1) is 0 Å². The van der Waals surface area contributed by atoms with Crippen molar-refractivity contribution >= 4 is 0 Å². The molecule has 0 radical (unpaired) electrons. The van der Waals surface area contributed by atoms with Crippen molar-refractivity contribution in [3.63, 3.8) is 0 Å². The molecule has 2 heterocycles. The summed E-state index contributed by atoms with van der Waals surface area (Å²) in [4.78, 5) is 1.25. The number of hydrogen-bond acceptors (Lipinski definition) is 3. The number of quaternary nitrogens is 1. The minimum absolute atomic E-state index is 0. The Bertz CT molecular complexity index is 181. The Kier molecular flexibility index (Phi) is 3.54. The standard InChI is InChI=1S/C8H15NO3.ClH/c10-5-1-2-9-4-7(11)8(12)6(9)3-5;/h5-8,10-12H,1-4H2;1H/t5-,6+,7+,8+;/m0./s1. The highest BCUT2D eigenvalue weighted by Gasteiger charge is 2.46. The zero-order valence-electron chi connectivity index (χ0n) is 7.36. The summed E-state index contributed by atoms with van der Waals surface area (Å²) in [6.07, 6.45) is -0.0669. The van der Waals surface area contributed by atoms with Crippen LogP contribution in [0.1, 0.15) is 12.8 Å². The average Bonchev–Trinajstić information content (AvgIpc) is 2.31. The molecule has 1 unspecified atom stereocenters. The lowest BCUT2D eigenvalue weighted by Crippen LogP contribution is -3.15. The minimum atomic E-state index is -0.630. The molecule has 0 spiro atoms. The molecule has 2 aliphatic heterocycles. The number of aliphatic hydroxyl groups excluding tert-OH is 3. The van der Waals surface area contributed by atoms with Crippen LogP contribution in [0.25, 0.3) is 0 Å².